The number of urea groups is 1. The van der Waals surface area contributed by atoms with E-state index in [1.54, 1.807) is 16.8 Å². The van der Waals surface area contributed by atoms with Gasteiger partial charge in [0.15, 0.2) is 0 Å². The largest absolute Gasteiger partial charge is 0.492 e. The Hall–Kier alpha value is -5.43. The fraction of sp³-hybridized carbons (Fsp3) is 0.510. The summed E-state index contributed by atoms with van der Waals surface area (Å²) in [6.07, 6.45) is 6.53. The van der Waals surface area contributed by atoms with Gasteiger partial charge in [0.2, 0.25) is 0 Å². The topological polar surface area (TPSA) is 185 Å². The third-order valence-electron chi connectivity index (χ3n) is 10.4. The highest BCUT2D eigenvalue weighted by atomic mass is 35.5. The van der Waals surface area contributed by atoms with E-state index in [0.29, 0.717) is 62.7 Å². The van der Waals surface area contributed by atoms with E-state index < -0.39 is 18.2 Å². The average Bonchev–Trinajstić information content (AvgIpc) is 3.76. The molecular formula is C49H68ClN7O10. The zero-order valence-electron chi connectivity index (χ0n) is 39.2. The van der Waals surface area contributed by atoms with Crippen molar-refractivity contribution in [3.8, 4) is 11.4 Å². The zero-order chi connectivity index (χ0) is 47.5. The van der Waals surface area contributed by atoms with E-state index in [9.17, 15) is 14.4 Å². The average molecular weight is 951 g/mol. The molecule has 5 rings (SSSR count). The summed E-state index contributed by atoms with van der Waals surface area (Å²) in [6.45, 7) is 13.9. The first kappa shape index (κ1) is 52.5. The maximum atomic E-state index is 13.6. The van der Waals surface area contributed by atoms with Gasteiger partial charge in [-0.3, -0.25) is 10.2 Å². The molecule has 3 aromatic carbocycles. The number of hydrogen-bond donors (Lipinski definition) is 4. The number of alkyl halides is 1. The Morgan fingerprint density at radius 3 is 2.30 bits per heavy atom. The van der Waals surface area contributed by atoms with Crippen LogP contribution in [0.4, 0.5) is 25.9 Å². The predicted octanol–water partition coefficient (Wildman–Crippen LogP) is 8.04. The molecule has 67 heavy (non-hydrogen) atoms. The Morgan fingerprint density at radius 1 is 0.746 bits per heavy atom. The van der Waals surface area contributed by atoms with Crippen molar-refractivity contribution in [1.82, 2.24) is 25.3 Å². The van der Waals surface area contributed by atoms with Gasteiger partial charge in [-0.05, 0) is 48.7 Å². The van der Waals surface area contributed by atoms with Crippen LogP contribution in [0.3, 0.4) is 0 Å². The summed E-state index contributed by atoms with van der Waals surface area (Å²) < 4.78 is 40.1. The molecule has 1 fully saturated rings. The van der Waals surface area contributed by atoms with E-state index in [1.807, 2.05) is 66.7 Å². The van der Waals surface area contributed by atoms with E-state index in [4.69, 9.17) is 49.9 Å². The Balaban J connectivity index is 0.996. The molecule has 0 atom stereocenters. The van der Waals surface area contributed by atoms with Gasteiger partial charge in [0.05, 0.1) is 63.3 Å². The molecule has 0 radical (unpaired) electrons. The lowest BCUT2D eigenvalue weighted by molar-refractivity contribution is 0.0323. The van der Waals surface area contributed by atoms with E-state index in [1.165, 1.54) is 0 Å². The summed E-state index contributed by atoms with van der Waals surface area (Å²) in [6, 6.07) is 20.5. The molecule has 1 aliphatic rings. The number of fused-ring (bicyclic) bond motifs is 1. The highest BCUT2D eigenvalue weighted by Gasteiger charge is 2.22. The second-order valence-electron chi connectivity index (χ2n) is 16.7. The number of anilines is 2. The van der Waals surface area contributed by atoms with Gasteiger partial charge in [0, 0.05) is 67.5 Å². The molecule has 1 aromatic heterocycles. The molecule has 366 valence electrons. The first-order valence-electron chi connectivity index (χ1n) is 23.1. The Labute approximate surface area is 399 Å². The smallest absolute Gasteiger partial charge is 0.407 e. The number of unbranched alkanes of at least 4 members (excludes halogenated alkanes) is 3. The molecule has 0 aliphatic carbocycles. The molecule has 2 heterocycles. The number of nitrogens with one attached hydrogen (secondary N) is 4. The van der Waals surface area contributed by atoms with Crippen LogP contribution in [0.2, 0.25) is 0 Å². The van der Waals surface area contributed by atoms with Gasteiger partial charge in [0.25, 0.3) is 0 Å². The van der Waals surface area contributed by atoms with Crippen LogP contribution in [-0.4, -0.2) is 138 Å². The van der Waals surface area contributed by atoms with Crippen LogP contribution in [0.1, 0.15) is 57.7 Å². The number of benzene rings is 3. The number of hydrogen-bond acceptors (Lipinski definition) is 12. The van der Waals surface area contributed by atoms with E-state index in [-0.39, 0.29) is 38.4 Å². The molecule has 1 saturated heterocycles. The van der Waals surface area contributed by atoms with Crippen molar-refractivity contribution in [3.63, 3.8) is 0 Å². The van der Waals surface area contributed by atoms with Crippen LogP contribution in [0.15, 0.2) is 78.9 Å². The van der Waals surface area contributed by atoms with E-state index >= 15 is 0 Å². The van der Waals surface area contributed by atoms with Crippen molar-refractivity contribution in [2.24, 2.45) is 0 Å². The highest BCUT2D eigenvalue weighted by molar-refractivity contribution is 6.17. The first-order chi connectivity index (χ1) is 32.6. The lowest BCUT2D eigenvalue weighted by Crippen LogP contribution is -2.38. The lowest BCUT2D eigenvalue weighted by atomic mass is 9.92. The maximum absolute atomic E-state index is 13.6. The van der Waals surface area contributed by atoms with Gasteiger partial charge in [0.1, 0.15) is 31.4 Å². The van der Waals surface area contributed by atoms with Crippen molar-refractivity contribution < 1.29 is 47.5 Å². The molecule has 4 amide bonds. The van der Waals surface area contributed by atoms with E-state index in [0.717, 1.165) is 86.3 Å². The predicted molar refractivity (Wildman–Crippen MR) is 260 cm³/mol. The third-order valence-corrected chi connectivity index (χ3v) is 10.7. The summed E-state index contributed by atoms with van der Waals surface area (Å²) in [4.78, 5) is 40.3. The van der Waals surface area contributed by atoms with Gasteiger partial charge in [-0.15, -0.1) is 11.6 Å². The fourth-order valence-electron chi connectivity index (χ4n) is 6.80. The number of carbonyl (C=O) groups is 3. The maximum Gasteiger partial charge on any atom is 0.407 e. The monoisotopic (exact) mass is 949 g/mol. The molecule has 0 unspecified atom stereocenters. The normalized spacial score (nSPS) is 13.1. The summed E-state index contributed by atoms with van der Waals surface area (Å²) >= 11 is 5.67. The van der Waals surface area contributed by atoms with Gasteiger partial charge in [-0.1, -0.05) is 76.1 Å². The van der Waals surface area contributed by atoms with Crippen LogP contribution >= 0.6 is 11.6 Å². The van der Waals surface area contributed by atoms with Crippen LogP contribution in [0, 0.1) is 0 Å². The summed E-state index contributed by atoms with van der Waals surface area (Å²) in [5.41, 5.74) is 2.60. The number of aromatic nitrogens is 2. The van der Waals surface area contributed by atoms with Gasteiger partial charge in [-0.2, -0.15) is 5.10 Å². The van der Waals surface area contributed by atoms with Crippen LogP contribution < -0.4 is 26.0 Å². The van der Waals surface area contributed by atoms with Crippen LogP contribution in [-0.2, 0) is 40.4 Å². The minimum atomic E-state index is -0.591. The summed E-state index contributed by atoms with van der Waals surface area (Å²) in [5, 5.41) is 18.1. The van der Waals surface area contributed by atoms with Crippen molar-refractivity contribution >= 4 is 52.1 Å². The zero-order valence-corrected chi connectivity index (χ0v) is 39.9. The molecule has 17 nitrogen and oxygen atoms in total. The second-order valence-corrected chi connectivity index (χ2v) is 17.1. The molecule has 0 bridgehead atoms. The molecule has 0 spiro atoms. The minimum Gasteiger partial charge on any atom is -0.492 e. The number of rotatable bonds is 28. The number of alkyl carbamates (subject to hydrolysis) is 2. The molecule has 0 saturated carbocycles. The Morgan fingerprint density at radius 2 is 1.49 bits per heavy atom. The van der Waals surface area contributed by atoms with Gasteiger partial charge >= 0.3 is 18.2 Å². The number of ether oxygens (including phenoxy) is 7. The lowest BCUT2D eigenvalue weighted by Gasteiger charge is -2.26. The van der Waals surface area contributed by atoms with Crippen molar-refractivity contribution in [2.45, 2.75) is 58.4 Å². The SMILES string of the molecule is CC(C)(C)c1cc(NC(=O)Nc2ccc(OCCN3CCOCC3)c3ccccc23)n(-c2cccc(CNC(=O)OC/C=C/COCCOC(=O)NCCOCCOCCCCCCCl)c2)n1. The molecule has 1 aliphatic heterocycles. The number of amides is 4. The summed E-state index contributed by atoms with van der Waals surface area (Å²) in [7, 11) is 0. The van der Waals surface area contributed by atoms with Gasteiger partial charge < -0.3 is 49.1 Å². The van der Waals surface area contributed by atoms with Crippen LogP contribution in [0.25, 0.3) is 16.5 Å². The highest BCUT2D eigenvalue weighted by Crippen LogP contribution is 2.32. The number of morpholine rings is 1. The molecule has 18 heteroatoms. The fourth-order valence-corrected chi connectivity index (χ4v) is 6.99. The third kappa shape index (κ3) is 19.4. The Bertz CT molecular complexity index is 2140. The van der Waals surface area contributed by atoms with Crippen molar-refractivity contribution in [1.29, 1.82) is 0 Å². The molecule has 4 aromatic rings. The van der Waals surface area contributed by atoms with E-state index in [2.05, 4.69) is 46.9 Å². The first-order valence-corrected chi connectivity index (χ1v) is 23.6. The van der Waals surface area contributed by atoms with Gasteiger partial charge in [-0.25, -0.2) is 19.1 Å². The number of halogens is 1. The van der Waals surface area contributed by atoms with Crippen LogP contribution in [0.5, 0.6) is 5.75 Å². The molecular weight excluding hydrogens is 882 g/mol. The van der Waals surface area contributed by atoms with Crippen molar-refractivity contribution in [3.05, 3.63) is 90.1 Å². The standard InChI is InChI=1S/C49H68ClN7O10/c1-49(2,3)44-36-45(54-46(58)53-42-17-18-43(41-16-7-6-15-40(41)42)65-30-23-56-21-28-64-29-22-56)57(55-44)39-14-12-13-38(35-39)37-52-48(60)66-26-11-10-25-62-33-34-67-47(59)51-20-27-63-32-31-61-24-9-5-4-8-19-50/h6-7,10-18,35-36H,4-5,8-9,19-34,37H2,1-3H3,(H,51,59)(H,52,60)(H2,53,54,58)/b11-10+. The quantitative estimate of drug-likeness (QED) is 0.0245. The minimum absolute atomic E-state index is 0.0421. The molecule has 4 N–H and O–H groups in total. The number of carbonyl (C=O) groups excluding carboxylic acids is 3. The Kier molecular flexibility index (Phi) is 23.0. The van der Waals surface area contributed by atoms with Crippen molar-refractivity contribution in [2.75, 3.05) is 115 Å². The second kappa shape index (κ2) is 29.4. The summed E-state index contributed by atoms with van der Waals surface area (Å²) in [5.74, 6) is 1.93. The number of nitrogens with zero attached hydrogens (tertiary/aromatic N) is 3.